The molecule has 0 saturated heterocycles. The number of ether oxygens (including phenoxy) is 2. The molecule has 1 aromatic heterocycles. The minimum atomic E-state index is 0.0172. The van der Waals surface area contributed by atoms with Crippen LogP contribution >= 0.6 is 0 Å². The Balaban J connectivity index is 1.67. The first-order valence-corrected chi connectivity index (χ1v) is 7.09. The van der Waals surface area contributed by atoms with Gasteiger partial charge in [0.1, 0.15) is 11.9 Å². The van der Waals surface area contributed by atoms with E-state index in [-0.39, 0.29) is 6.10 Å². The number of hydrogen-bond donors (Lipinski definition) is 1. The summed E-state index contributed by atoms with van der Waals surface area (Å²) in [6, 6.07) is 10.7. The van der Waals surface area contributed by atoms with Crippen LogP contribution in [-0.4, -0.2) is 37.4 Å². The summed E-state index contributed by atoms with van der Waals surface area (Å²) in [6.07, 6.45) is 4.35. The van der Waals surface area contributed by atoms with Gasteiger partial charge in [-0.15, -0.1) is 0 Å². The monoisotopic (exact) mass is 272 g/mol. The SMILES string of the molecule is COCC(CNC1CC1)Oc1cnc2ccccc2c1. The van der Waals surface area contributed by atoms with Crippen molar-refractivity contribution < 1.29 is 9.47 Å². The molecule has 1 atom stereocenters. The number of pyridine rings is 1. The van der Waals surface area contributed by atoms with Crippen molar-refractivity contribution >= 4 is 10.9 Å². The Morgan fingerprint density at radius 3 is 3.00 bits per heavy atom. The molecule has 4 nitrogen and oxygen atoms in total. The van der Waals surface area contributed by atoms with Crippen molar-refractivity contribution in [2.75, 3.05) is 20.3 Å². The summed E-state index contributed by atoms with van der Waals surface area (Å²) < 4.78 is 11.2. The summed E-state index contributed by atoms with van der Waals surface area (Å²) in [5.41, 5.74) is 0.985. The second kappa shape index (κ2) is 6.20. The van der Waals surface area contributed by atoms with Gasteiger partial charge in [-0.3, -0.25) is 4.98 Å². The summed E-state index contributed by atoms with van der Waals surface area (Å²) in [6.45, 7) is 1.39. The van der Waals surface area contributed by atoms with E-state index in [4.69, 9.17) is 9.47 Å². The van der Waals surface area contributed by atoms with Crippen LogP contribution in [0.3, 0.4) is 0 Å². The van der Waals surface area contributed by atoms with Gasteiger partial charge >= 0.3 is 0 Å². The lowest BCUT2D eigenvalue weighted by atomic mass is 10.2. The van der Waals surface area contributed by atoms with E-state index in [9.17, 15) is 0 Å². The molecule has 1 unspecified atom stereocenters. The van der Waals surface area contributed by atoms with Gasteiger partial charge in [0, 0.05) is 25.1 Å². The van der Waals surface area contributed by atoms with E-state index in [1.165, 1.54) is 12.8 Å². The van der Waals surface area contributed by atoms with Crippen molar-refractivity contribution in [1.82, 2.24) is 10.3 Å². The third-order valence-electron chi connectivity index (χ3n) is 3.43. The van der Waals surface area contributed by atoms with Crippen molar-refractivity contribution in [2.24, 2.45) is 0 Å². The number of para-hydroxylation sites is 1. The Hall–Kier alpha value is -1.65. The lowest BCUT2D eigenvalue weighted by Crippen LogP contribution is -2.35. The highest BCUT2D eigenvalue weighted by molar-refractivity contribution is 5.79. The number of methoxy groups -OCH3 is 1. The normalized spacial score (nSPS) is 16.2. The molecule has 1 heterocycles. The third-order valence-corrected chi connectivity index (χ3v) is 3.43. The molecular weight excluding hydrogens is 252 g/mol. The second-order valence-corrected chi connectivity index (χ2v) is 5.24. The molecule has 2 aromatic rings. The average Bonchev–Trinajstić information content (AvgIpc) is 3.29. The van der Waals surface area contributed by atoms with Gasteiger partial charge in [-0.05, 0) is 25.0 Å². The fourth-order valence-corrected chi connectivity index (χ4v) is 2.21. The van der Waals surface area contributed by atoms with Crippen LogP contribution in [0.25, 0.3) is 10.9 Å². The van der Waals surface area contributed by atoms with Crippen molar-refractivity contribution in [1.29, 1.82) is 0 Å². The van der Waals surface area contributed by atoms with E-state index in [0.717, 1.165) is 23.2 Å². The number of rotatable bonds is 7. The van der Waals surface area contributed by atoms with Gasteiger partial charge in [-0.1, -0.05) is 18.2 Å². The summed E-state index contributed by atoms with van der Waals surface area (Å²) in [5.74, 6) is 0.795. The summed E-state index contributed by atoms with van der Waals surface area (Å²) in [7, 11) is 1.70. The Kier molecular flexibility index (Phi) is 4.14. The van der Waals surface area contributed by atoms with Crippen molar-refractivity contribution in [2.45, 2.75) is 25.0 Å². The minimum Gasteiger partial charge on any atom is -0.485 e. The van der Waals surface area contributed by atoms with Crippen LogP contribution in [0.4, 0.5) is 0 Å². The molecule has 20 heavy (non-hydrogen) atoms. The number of nitrogens with one attached hydrogen (secondary N) is 1. The number of aromatic nitrogens is 1. The second-order valence-electron chi connectivity index (χ2n) is 5.24. The first-order chi connectivity index (χ1) is 9.85. The first kappa shape index (κ1) is 13.3. The van der Waals surface area contributed by atoms with E-state index < -0.39 is 0 Å². The lowest BCUT2D eigenvalue weighted by molar-refractivity contribution is 0.0802. The van der Waals surface area contributed by atoms with Crippen molar-refractivity contribution in [3.63, 3.8) is 0 Å². The molecule has 0 amide bonds. The van der Waals surface area contributed by atoms with Crippen molar-refractivity contribution in [3.05, 3.63) is 36.5 Å². The van der Waals surface area contributed by atoms with Gasteiger partial charge < -0.3 is 14.8 Å². The number of fused-ring (bicyclic) bond motifs is 1. The Bertz CT molecular complexity index is 569. The fourth-order valence-electron chi connectivity index (χ4n) is 2.21. The molecule has 4 heteroatoms. The van der Waals surface area contributed by atoms with E-state index >= 15 is 0 Å². The quantitative estimate of drug-likeness (QED) is 0.840. The Labute approximate surface area is 119 Å². The Morgan fingerprint density at radius 1 is 1.35 bits per heavy atom. The Morgan fingerprint density at radius 2 is 2.20 bits per heavy atom. The average molecular weight is 272 g/mol. The van der Waals surface area contributed by atoms with Gasteiger partial charge in [0.15, 0.2) is 0 Å². The van der Waals surface area contributed by atoms with Crippen LogP contribution < -0.4 is 10.1 Å². The highest BCUT2D eigenvalue weighted by atomic mass is 16.5. The van der Waals surface area contributed by atoms with Crippen LogP contribution in [-0.2, 0) is 4.74 Å². The van der Waals surface area contributed by atoms with Gasteiger partial charge in [0.05, 0.1) is 18.3 Å². The number of hydrogen-bond acceptors (Lipinski definition) is 4. The molecule has 3 rings (SSSR count). The molecule has 0 aliphatic heterocycles. The zero-order chi connectivity index (χ0) is 13.8. The molecule has 1 aliphatic rings. The van der Waals surface area contributed by atoms with Gasteiger partial charge in [-0.2, -0.15) is 0 Å². The maximum atomic E-state index is 5.99. The highest BCUT2D eigenvalue weighted by Gasteiger charge is 2.22. The molecule has 106 valence electrons. The third kappa shape index (κ3) is 3.46. The highest BCUT2D eigenvalue weighted by Crippen LogP contribution is 2.20. The van der Waals surface area contributed by atoms with Crippen LogP contribution in [0.15, 0.2) is 36.5 Å². The van der Waals surface area contributed by atoms with Crippen molar-refractivity contribution in [3.8, 4) is 5.75 Å². The number of benzene rings is 1. The summed E-state index contributed by atoms with van der Waals surface area (Å²) >= 11 is 0. The van der Waals surface area contributed by atoms with Gasteiger partial charge in [0.25, 0.3) is 0 Å². The minimum absolute atomic E-state index is 0.0172. The molecule has 1 N–H and O–H groups in total. The zero-order valence-corrected chi connectivity index (χ0v) is 11.7. The zero-order valence-electron chi connectivity index (χ0n) is 11.7. The standard InChI is InChI=1S/C16H20N2O2/c1-19-11-15(10-17-13-6-7-13)20-14-8-12-4-2-3-5-16(12)18-9-14/h2-5,8-9,13,15,17H,6-7,10-11H2,1H3. The van der Waals surface area contributed by atoms with E-state index in [1.54, 1.807) is 13.3 Å². The van der Waals surface area contributed by atoms with Crippen LogP contribution in [0.2, 0.25) is 0 Å². The molecule has 1 fully saturated rings. The molecule has 1 aliphatic carbocycles. The van der Waals surface area contributed by atoms with Crippen LogP contribution in [0.1, 0.15) is 12.8 Å². The van der Waals surface area contributed by atoms with Gasteiger partial charge in [0.2, 0.25) is 0 Å². The van der Waals surface area contributed by atoms with E-state index in [2.05, 4.69) is 10.3 Å². The predicted molar refractivity (Wildman–Crippen MR) is 79.1 cm³/mol. The molecule has 1 saturated carbocycles. The van der Waals surface area contributed by atoms with E-state index in [1.807, 2.05) is 30.3 Å². The van der Waals surface area contributed by atoms with E-state index in [0.29, 0.717) is 12.6 Å². The topological polar surface area (TPSA) is 43.4 Å². The smallest absolute Gasteiger partial charge is 0.138 e. The van der Waals surface area contributed by atoms with Gasteiger partial charge in [-0.25, -0.2) is 0 Å². The molecule has 1 aromatic carbocycles. The largest absolute Gasteiger partial charge is 0.485 e. The predicted octanol–water partition coefficient (Wildman–Crippen LogP) is 2.38. The summed E-state index contributed by atoms with van der Waals surface area (Å²) in [5, 5.41) is 4.57. The fraction of sp³-hybridized carbons (Fsp3) is 0.438. The molecule has 0 radical (unpaired) electrons. The lowest BCUT2D eigenvalue weighted by Gasteiger charge is -2.19. The molecular formula is C16H20N2O2. The summed E-state index contributed by atoms with van der Waals surface area (Å²) in [4.78, 5) is 4.42. The van der Waals surface area contributed by atoms with Crippen LogP contribution in [0.5, 0.6) is 5.75 Å². The maximum Gasteiger partial charge on any atom is 0.138 e. The number of nitrogens with zero attached hydrogens (tertiary/aromatic N) is 1. The molecule has 0 spiro atoms. The maximum absolute atomic E-state index is 5.99. The first-order valence-electron chi connectivity index (χ1n) is 7.09. The van der Waals surface area contributed by atoms with Crippen LogP contribution in [0, 0.1) is 0 Å². The molecule has 0 bridgehead atoms.